The second-order valence-electron chi connectivity index (χ2n) is 16.8. The van der Waals surface area contributed by atoms with Crippen LogP contribution in [0.3, 0.4) is 0 Å². The lowest BCUT2D eigenvalue weighted by molar-refractivity contribution is -0.140. The van der Waals surface area contributed by atoms with Gasteiger partial charge in [0.15, 0.2) is 0 Å². The molecule has 0 spiro atoms. The van der Waals surface area contributed by atoms with E-state index in [-0.39, 0.29) is 25.4 Å². The number of nitrogens with one attached hydrogen (secondary N) is 3. The monoisotopic (exact) mass is 863 g/mol. The highest BCUT2D eigenvalue weighted by Gasteiger charge is 2.30. The highest BCUT2D eigenvalue weighted by atomic mass is 16.5. The highest BCUT2D eigenvalue weighted by Crippen LogP contribution is 2.29. The summed E-state index contributed by atoms with van der Waals surface area (Å²) in [5.74, 6) is 1.40. The number of aryl methyl sites for hydroxylation is 5. The molecule has 1 fully saturated rings. The minimum absolute atomic E-state index is 0. The van der Waals surface area contributed by atoms with Crippen molar-refractivity contribution >= 4 is 46.8 Å². The van der Waals surface area contributed by atoms with Crippen molar-refractivity contribution in [2.45, 2.75) is 118 Å². The number of nitrogens with zero attached hydrogens (tertiary/aromatic N) is 3. The summed E-state index contributed by atoms with van der Waals surface area (Å²) in [7, 11) is 0. The van der Waals surface area contributed by atoms with Crippen LogP contribution < -0.4 is 20.7 Å². The number of carbonyl (C=O) groups is 2. The summed E-state index contributed by atoms with van der Waals surface area (Å²) in [6, 6.07) is 39.9. The van der Waals surface area contributed by atoms with Crippen LogP contribution in [0.15, 0.2) is 121 Å². The van der Waals surface area contributed by atoms with Crippen molar-refractivity contribution in [3.05, 3.63) is 155 Å². The fourth-order valence-electron chi connectivity index (χ4n) is 7.62. The molecule has 1 heterocycles. The Bertz CT molecular complexity index is 2240. The first-order valence-corrected chi connectivity index (χ1v) is 23.0. The molecule has 10 nitrogen and oxygen atoms in total. The number of anilines is 6. The number of carbonyl (C=O) groups excluding carboxylic acids is 2. The predicted octanol–water partition coefficient (Wildman–Crippen LogP) is 13.7. The fraction of sp³-hybridized carbons (Fsp3) is 0.352. The number of benzene rings is 5. The third-order valence-electron chi connectivity index (χ3n) is 11.2. The van der Waals surface area contributed by atoms with Crippen molar-refractivity contribution in [3.63, 3.8) is 0 Å². The second-order valence-corrected chi connectivity index (χ2v) is 16.8. The van der Waals surface area contributed by atoms with Gasteiger partial charge in [-0.15, -0.1) is 0 Å². The summed E-state index contributed by atoms with van der Waals surface area (Å²) >= 11 is 0. The van der Waals surface area contributed by atoms with Gasteiger partial charge in [-0.3, -0.25) is 4.79 Å². The number of aromatic nitrogens is 3. The molecule has 64 heavy (non-hydrogen) atoms. The van der Waals surface area contributed by atoms with Crippen LogP contribution in [0, 0.1) is 26.7 Å². The van der Waals surface area contributed by atoms with Crippen molar-refractivity contribution in [2.75, 3.05) is 16.0 Å². The Morgan fingerprint density at radius 3 is 1.39 bits per heavy atom. The molecule has 0 bridgehead atoms. The van der Waals surface area contributed by atoms with Gasteiger partial charge in [-0.25, -0.2) is 4.79 Å². The van der Waals surface area contributed by atoms with E-state index < -0.39 is 0 Å². The number of rotatable bonds is 18. The van der Waals surface area contributed by atoms with Gasteiger partial charge in [0.2, 0.25) is 17.8 Å². The van der Waals surface area contributed by atoms with E-state index in [4.69, 9.17) is 9.47 Å². The van der Waals surface area contributed by atoms with Crippen molar-refractivity contribution in [3.8, 4) is 5.75 Å². The molecule has 7 rings (SSSR count). The van der Waals surface area contributed by atoms with E-state index >= 15 is 0 Å². The van der Waals surface area contributed by atoms with Gasteiger partial charge >= 0.3 is 11.9 Å². The van der Waals surface area contributed by atoms with Crippen molar-refractivity contribution in [2.24, 2.45) is 5.92 Å². The minimum atomic E-state index is -0.273. The van der Waals surface area contributed by atoms with Gasteiger partial charge in [0.25, 0.3) is 0 Å². The molecule has 1 aliphatic carbocycles. The van der Waals surface area contributed by atoms with Crippen LogP contribution in [0.25, 0.3) is 0 Å². The fourth-order valence-corrected chi connectivity index (χ4v) is 7.62. The van der Waals surface area contributed by atoms with Crippen LogP contribution in [0.1, 0.15) is 118 Å². The van der Waals surface area contributed by atoms with Crippen molar-refractivity contribution in [1.29, 1.82) is 0 Å². The van der Waals surface area contributed by atoms with E-state index in [1.54, 1.807) is 0 Å². The molecule has 1 saturated carbocycles. The van der Waals surface area contributed by atoms with Crippen LogP contribution in [0.4, 0.5) is 34.9 Å². The maximum atomic E-state index is 12.6. The molecule has 1 aromatic heterocycles. The number of esters is 2. The molecule has 0 amide bonds. The van der Waals surface area contributed by atoms with Gasteiger partial charge in [0, 0.05) is 18.5 Å². The van der Waals surface area contributed by atoms with Gasteiger partial charge in [0.1, 0.15) is 11.9 Å². The summed E-state index contributed by atoms with van der Waals surface area (Å²) in [6.45, 7) is 10.5. The Balaban J connectivity index is 0.000000242. The maximum Gasteiger partial charge on any atom is 0.338 e. The van der Waals surface area contributed by atoms with Gasteiger partial charge in [-0.1, -0.05) is 100 Å². The Kier molecular flexibility index (Phi) is 17.9. The van der Waals surface area contributed by atoms with Gasteiger partial charge in [-0.2, -0.15) is 15.0 Å². The summed E-state index contributed by atoms with van der Waals surface area (Å²) in [5, 5.41) is 9.83. The predicted molar refractivity (Wildman–Crippen MR) is 261 cm³/mol. The van der Waals surface area contributed by atoms with E-state index in [0.29, 0.717) is 54.8 Å². The van der Waals surface area contributed by atoms with Crippen molar-refractivity contribution < 1.29 is 20.5 Å². The molecule has 0 aliphatic heterocycles. The first-order chi connectivity index (χ1) is 31.1. The van der Waals surface area contributed by atoms with E-state index in [1.165, 1.54) is 49.7 Å². The van der Waals surface area contributed by atoms with Crippen LogP contribution in [0.5, 0.6) is 5.75 Å². The minimum Gasteiger partial charge on any atom is -0.459 e. The SMILES string of the molecule is CCCCCc1ccc(OC(=O)C2CCC(OC(=O)c3ccc(CCCCC)cc3)CC2)cc1.Cc1cccc(Nc2nc(Nc3cccc(C)c3)nc(Nc3cccc(C)c3)n2)c1.[HH]. The average molecular weight is 863 g/mol. The molecule has 0 saturated heterocycles. The molecule has 0 radical (unpaired) electrons. The molecule has 6 aromatic rings. The first-order valence-electron chi connectivity index (χ1n) is 23.0. The molecular weight excluding hydrogens is 797 g/mol. The van der Waals surface area contributed by atoms with E-state index in [2.05, 4.69) is 44.7 Å². The van der Waals surface area contributed by atoms with Crippen molar-refractivity contribution in [1.82, 2.24) is 15.0 Å². The zero-order valence-corrected chi connectivity index (χ0v) is 38.2. The Morgan fingerprint density at radius 2 is 0.984 bits per heavy atom. The molecular formula is C54H66N6O4. The molecule has 0 unspecified atom stereocenters. The summed E-state index contributed by atoms with van der Waals surface area (Å²) < 4.78 is 11.3. The Labute approximate surface area is 381 Å². The zero-order chi connectivity index (χ0) is 45.1. The molecule has 1 aliphatic rings. The summed E-state index contributed by atoms with van der Waals surface area (Å²) in [6.07, 6.45) is 12.0. The lowest BCUT2D eigenvalue weighted by atomic mass is 9.87. The van der Waals surface area contributed by atoms with E-state index in [0.717, 1.165) is 46.6 Å². The largest absolute Gasteiger partial charge is 0.459 e. The highest BCUT2D eigenvalue weighted by molar-refractivity contribution is 5.89. The van der Waals surface area contributed by atoms with Crippen LogP contribution in [-0.2, 0) is 22.4 Å². The topological polar surface area (TPSA) is 127 Å². The average Bonchev–Trinajstić information content (AvgIpc) is 3.28. The number of hydrogen-bond acceptors (Lipinski definition) is 10. The number of unbranched alkanes of at least 4 members (excludes halogenated alkanes) is 4. The zero-order valence-electron chi connectivity index (χ0n) is 38.2. The van der Waals surface area contributed by atoms with Crippen LogP contribution >= 0.6 is 0 Å². The molecule has 5 aromatic carbocycles. The number of hydrogen-bond donors (Lipinski definition) is 3. The Morgan fingerprint density at radius 1 is 0.562 bits per heavy atom. The molecule has 3 N–H and O–H groups in total. The normalized spacial score (nSPS) is 14.4. The third-order valence-corrected chi connectivity index (χ3v) is 11.2. The lowest BCUT2D eigenvalue weighted by Crippen LogP contribution is -2.30. The molecule has 10 heteroatoms. The number of ether oxygens (including phenoxy) is 2. The summed E-state index contributed by atoms with van der Waals surface area (Å²) in [5.41, 5.74) is 9.37. The van der Waals surface area contributed by atoms with E-state index in [9.17, 15) is 9.59 Å². The second kappa shape index (κ2) is 24.3. The quantitative estimate of drug-likeness (QED) is 0.0436. The van der Waals surface area contributed by atoms with Crippen LogP contribution in [0.2, 0.25) is 0 Å². The standard InChI is InChI=1S/C30H40O4.C24H24N6.H2/c1-3-5-7-9-23-11-15-25(16-12-23)29(31)34-28-21-17-26(18-22-28)30(32)33-27-19-13-24(14-20-27)10-8-6-4-2;1-16-7-4-10-19(13-16)25-22-28-23(26-20-11-5-8-17(2)14-20)30-24(29-22)27-21-12-6-9-18(3)15-21;/h11-16,19-20,26,28H,3-10,17-18,21-22H2,1-2H3;4-15H,1-3H3,(H3,25,26,27,28,29,30);1H. The molecule has 0 atom stereocenters. The first kappa shape index (κ1) is 46.9. The third kappa shape index (κ3) is 15.4. The summed E-state index contributed by atoms with van der Waals surface area (Å²) in [4.78, 5) is 38.8. The smallest absolute Gasteiger partial charge is 0.338 e. The van der Waals surface area contributed by atoms with Gasteiger partial charge < -0.3 is 25.4 Å². The van der Waals surface area contributed by atoms with E-state index in [1.807, 2.05) is 142 Å². The van der Waals surface area contributed by atoms with Gasteiger partial charge in [0.05, 0.1) is 11.5 Å². The lowest BCUT2D eigenvalue weighted by Gasteiger charge is -2.27. The maximum absolute atomic E-state index is 12.6. The Hall–Kier alpha value is -6.55. The molecule has 336 valence electrons. The van der Waals surface area contributed by atoms with Gasteiger partial charge in [-0.05, 0) is 161 Å². The van der Waals surface area contributed by atoms with Crippen LogP contribution in [-0.4, -0.2) is 33.0 Å².